The van der Waals surface area contributed by atoms with Crippen molar-refractivity contribution in [2.75, 3.05) is 12.0 Å². The maximum absolute atomic E-state index is 13.3. The lowest BCUT2D eigenvalue weighted by Gasteiger charge is -2.07. The van der Waals surface area contributed by atoms with Crippen LogP contribution in [0.5, 0.6) is 0 Å². The first-order valence-corrected chi connectivity index (χ1v) is 9.49. The van der Waals surface area contributed by atoms with E-state index in [1.54, 1.807) is 7.05 Å². The minimum absolute atomic E-state index is 0.0265. The highest BCUT2D eigenvalue weighted by Crippen LogP contribution is 2.23. The molecule has 0 aliphatic rings. The van der Waals surface area contributed by atoms with Crippen LogP contribution in [0.15, 0.2) is 38.8 Å². The summed E-state index contributed by atoms with van der Waals surface area (Å²) in [4.78, 5) is 3.92. The Bertz CT molecular complexity index is 892. The van der Waals surface area contributed by atoms with Crippen molar-refractivity contribution in [1.29, 1.82) is 0 Å². The van der Waals surface area contributed by atoms with E-state index < -0.39 is 20.7 Å². The zero-order valence-electron chi connectivity index (χ0n) is 12.2. The van der Waals surface area contributed by atoms with Crippen molar-refractivity contribution in [3.63, 3.8) is 0 Å². The van der Waals surface area contributed by atoms with Gasteiger partial charge >= 0.3 is 0 Å². The van der Waals surface area contributed by atoms with Gasteiger partial charge in [0.05, 0.1) is 10.2 Å². The summed E-state index contributed by atoms with van der Waals surface area (Å²) in [7, 11) is 2.98. The molecule has 0 atom stereocenters. The molecule has 0 aliphatic carbocycles. The van der Waals surface area contributed by atoms with Gasteiger partial charge in [0, 0.05) is 35.7 Å². The lowest BCUT2D eigenvalue weighted by molar-refractivity contribution is 0.504. The van der Waals surface area contributed by atoms with E-state index >= 15 is 0 Å². The molecule has 1 heterocycles. The predicted octanol–water partition coefficient (Wildman–Crippen LogP) is 2.77. The summed E-state index contributed by atoms with van der Waals surface area (Å²) in [6, 6.07) is 3.62. The Labute approximate surface area is 149 Å². The Morgan fingerprint density at radius 2 is 2.08 bits per heavy atom. The molecule has 1 aromatic heterocycles. The molecule has 2 rings (SSSR count). The van der Waals surface area contributed by atoms with Crippen LogP contribution in [0, 0.1) is 11.6 Å². The Balaban J connectivity index is 2.14. The number of nitrogens with zero attached hydrogens (tertiary/aromatic N) is 2. The number of nitrogens with one attached hydrogen (secondary N) is 1. The van der Waals surface area contributed by atoms with Crippen LogP contribution in [-0.4, -0.2) is 25.5 Å². The summed E-state index contributed by atoms with van der Waals surface area (Å²) >= 11 is 2.90. The molecule has 3 N–H and O–H groups in total. The summed E-state index contributed by atoms with van der Waals surface area (Å²) in [6.07, 6.45) is 1.31. The van der Waals surface area contributed by atoms with E-state index in [1.165, 1.54) is 22.9 Å². The molecular weight excluding hydrogens is 430 g/mol. The maximum atomic E-state index is 13.3. The van der Waals surface area contributed by atoms with Crippen molar-refractivity contribution < 1.29 is 17.2 Å². The summed E-state index contributed by atoms with van der Waals surface area (Å²) in [5.74, 6) is -1.94. The van der Waals surface area contributed by atoms with Crippen LogP contribution in [0.4, 0.5) is 14.5 Å². The number of aryl methyl sites for hydroxylation is 1. The molecule has 130 valence electrons. The summed E-state index contributed by atoms with van der Waals surface area (Å²) < 4.78 is 50.5. The Morgan fingerprint density at radius 3 is 2.62 bits per heavy atom. The van der Waals surface area contributed by atoms with Gasteiger partial charge in [0.2, 0.25) is 0 Å². The predicted molar refractivity (Wildman–Crippen MR) is 91.7 cm³/mol. The second-order valence-electron chi connectivity index (χ2n) is 4.74. The second-order valence-corrected chi connectivity index (χ2v) is 8.16. The summed E-state index contributed by atoms with van der Waals surface area (Å²) in [6.45, 7) is -0.0303. The van der Waals surface area contributed by atoms with E-state index in [0.717, 1.165) is 6.07 Å². The van der Waals surface area contributed by atoms with Gasteiger partial charge in [-0.2, -0.15) is 0 Å². The lowest BCUT2D eigenvalue weighted by atomic mass is 10.3. The first-order chi connectivity index (χ1) is 11.1. The number of amidine groups is 1. The molecule has 0 fully saturated rings. The number of rotatable bonds is 5. The highest BCUT2D eigenvalue weighted by molar-refractivity contribution is 9.10. The van der Waals surface area contributed by atoms with Crippen LogP contribution >= 0.6 is 26.6 Å². The Hall–Kier alpha value is -1.65. The quantitative estimate of drug-likeness (QED) is 0.323. The zero-order valence-corrected chi connectivity index (χ0v) is 15.4. The van der Waals surface area contributed by atoms with Crippen molar-refractivity contribution in [3.05, 3.63) is 46.2 Å². The monoisotopic (exact) mass is 440 g/mol. The molecule has 0 bridgehead atoms. The number of aliphatic imine (C=N–C) groups is 1. The first kappa shape index (κ1) is 18.7. The number of nitrogens with two attached hydrogens (primary N) is 1. The van der Waals surface area contributed by atoms with Crippen molar-refractivity contribution >= 4 is 47.2 Å². The molecule has 24 heavy (non-hydrogen) atoms. The number of benzene rings is 1. The lowest BCUT2D eigenvalue weighted by Crippen LogP contribution is -2.18. The van der Waals surface area contributed by atoms with Gasteiger partial charge in [0.25, 0.3) is 9.05 Å². The maximum Gasteiger partial charge on any atom is 0.262 e. The number of hydrogen-bond acceptors (Lipinski definition) is 4. The average molecular weight is 442 g/mol. The SMILES string of the molecule is Cn1cc(S(=O)(=O)Cl)cc1C(N)=NCNc1cc(F)c(F)c(Br)c1. The fourth-order valence-electron chi connectivity index (χ4n) is 1.88. The van der Waals surface area contributed by atoms with Gasteiger partial charge < -0.3 is 15.6 Å². The highest BCUT2D eigenvalue weighted by Gasteiger charge is 2.16. The summed E-state index contributed by atoms with van der Waals surface area (Å²) in [5, 5.41) is 2.75. The van der Waals surface area contributed by atoms with Gasteiger partial charge in [-0.15, -0.1) is 0 Å². The smallest absolute Gasteiger partial charge is 0.262 e. The minimum Gasteiger partial charge on any atom is -0.382 e. The third-order valence-electron chi connectivity index (χ3n) is 3.04. The fraction of sp³-hybridized carbons (Fsp3) is 0.154. The van der Waals surface area contributed by atoms with Gasteiger partial charge in [0.1, 0.15) is 17.4 Å². The van der Waals surface area contributed by atoms with Crippen LogP contribution in [0.1, 0.15) is 5.69 Å². The molecular formula is C13H12BrClF2N4O2S. The summed E-state index contributed by atoms with van der Waals surface area (Å²) in [5.41, 5.74) is 6.46. The van der Waals surface area contributed by atoms with Crippen molar-refractivity contribution in [1.82, 2.24) is 4.57 Å². The molecule has 0 amide bonds. The molecule has 1 aromatic carbocycles. The number of aromatic nitrogens is 1. The van der Waals surface area contributed by atoms with E-state index in [4.69, 9.17) is 16.4 Å². The fourth-order valence-corrected chi connectivity index (χ4v) is 3.10. The van der Waals surface area contributed by atoms with E-state index in [-0.39, 0.29) is 21.9 Å². The topological polar surface area (TPSA) is 89.5 Å². The molecule has 0 unspecified atom stereocenters. The zero-order chi connectivity index (χ0) is 18.1. The van der Waals surface area contributed by atoms with E-state index in [0.29, 0.717) is 11.4 Å². The van der Waals surface area contributed by atoms with Crippen molar-refractivity contribution in [2.45, 2.75) is 4.90 Å². The van der Waals surface area contributed by atoms with E-state index in [9.17, 15) is 17.2 Å². The molecule has 0 radical (unpaired) electrons. The van der Waals surface area contributed by atoms with Crippen LogP contribution < -0.4 is 11.1 Å². The normalized spacial score (nSPS) is 12.5. The van der Waals surface area contributed by atoms with Gasteiger partial charge in [-0.3, -0.25) is 0 Å². The molecule has 0 spiro atoms. The van der Waals surface area contributed by atoms with Crippen LogP contribution in [-0.2, 0) is 16.1 Å². The molecule has 6 nitrogen and oxygen atoms in total. The molecule has 0 saturated heterocycles. The van der Waals surface area contributed by atoms with E-state index in [2.05, 4.69) is 26.2 Å². The van der Waals surface area contributed by atoms with Crippen LogP contribution in [0.25, 0.3) is 0 Å². The third kappa shape index (κ3) is 4.25. The van der Waals surface area contributed by atoms with Gasteiger partial charge in [-0.25, -0.2) is 22.2 Å². The number of anilines is 1. The first-order valence-electron chi connectivity index (χ1n) is 6.39. The Morgan fingerprint density at radius 1 is 1.42 bits per heavy atom. The van der Waals surface area contributed by atoms with E-state index in [1.807, 2.05) is 0 Å². The van der Waals surface area contributed by atoms with Gasteiger partial charge in [-0.05, 0) is 28.1 Å². The average Bonchev–Trinajstić information content (AvgIpc) is 2.86. The molecule has 2 aromatic rings. The number of hydrogen-bond donors (Lipinski definition) is 2. The third-order valence-corrected chi connectivity index (χ3v) is 4.94. The van der Waals surface area contributed by atoms with Crippen LogP contribution in [0.2, 0.25) is 0 Å². The highest BCUT2D eigenvalue weighted by atomic mass is 79.9. The molecule has 0 saturated carbocycles. The van der Waals surface area contributed by atoms with Crippen molar-refractivity contribution in [2.24, 2.45) is 17.8 Å². The van der Waals surface area contributed by atoms with Gasteiger partial charge in [0.15, 0.2) is 11.6 Å². The number of halogens is 4. The largest absolute Gasteiger partial charge is 0.382 e. The standard InChI is InChI=1S/C13H12BrClF2N4O2S/c1-21-5-8(24(15,22)23)4-11(21)13(18)20-6-19-7-2-9(14)12(17)10(16)3-7/h2-5,19H,6H2,1H3,(H2,18,20). The molecule has 11 heteroatoms. The minimum atomic E-state index is -3.87. The Kier molecular flexibility index (Phi) is 5.51. The van der Waals surface area contributed by atoms with Gasteiger partial charge in [-0.1, -0.05) is 0 Å². The second kappa shape index (κ2) is 7.08. The molecule has 0 aliphatic heterocycles. The van der Waals surface area contributed by atoms with Crippen LogP contribution in [0.3, 0.4) is 0 Å². The van der Waals surface area contributed by atoms with Crippen molar-refractivity contribution in [3.8, 4) is 0 Å².